The van der Waals surface area contributed by atoms with Gasteiger partial charge < -0.3 is 10.2 Å². The molecule has 0 atom stereocenters. The fraction of sp³-hybridized carbons (Fsp3) is 0.938. The Morgan fingerprint density at radius 2 is 1.84 bits per heavy atom. The van der Waals surface area contributed by atoms with Crippen LogP contribution in [0.25, 0.3) is 0 Å². The van der Waals surface area contributed by atoms with Crippen LogP contribution in [0.5, 0.6) is 0 Å². The molecule has 3 heteroatoms. The van der Waals surface area contributed by atoms with Crippen molar-refractivity contribution in [3.63, 3.8) is 0 Å². The van der Waals surface area contributed by atoms with Crippen molar-refractivity contribution in [3.05, 3.63) is 0 Å². The molecule has 1 saturated heterocycles. The Morgan fingerprint density at radius 1 is 1.21 bits per heavy atom. The fourth-order valence-electron chi connectivity index (χ4n) is 3.06. The van der Waals surface area contributed by atoms with Crippen LogP contribution in [-0.4, -0.2) is 36.5 Å². The Balaban J connectivity index is 2.72. The van der Waals surface area contributed by atoms with Gasteiger partial charge in [0.1, 0.15) is 0 Å². The van der Waals surface area contributed by atoms with Crippen LogP contribution in [-0.2, 0) is 4.79 Å². The van der Waals surface area contributed by atoms with E-state index in [1.165, 1.54) is 12.8 Å². The Bertz CT molecular complexity index is 270. The summed E-state index contributed by atoms with van der Waals surface area (Å²) in [5.74, 6) is 0.405. The number of carbonyl (C=O) groups is 1. The van der Waals surface area contributed by atoms with Crippen LogP contribution < -0.4 is 5.32 Å². The predicted molar refractivity (Wildman–Crippen MR) is 81.2 cm³/mol. The van der Waals surface area contributed by atoms with Crippen molar-refractivity contribution in [2.24, 2.45) is 5.41 Å². The zero-order valence-electron chi connectivity index (χ0n) is 13.3. The molecule has 1 N–H and O–H groups in total. The van der Waals surface area contributed by atoms with Gasteiger partial charge in [-0.3, -0.25) is 4.79 Å². The number of rotatable bonds is 7. The van der Waals surface area contributed by atoms with E-state index in [4.69, 9.17) is 0 Å². The topological polar surface area (TPSA) is 32.3 Å². The smallest absolute Gasteiger partial charge is 0.229 e. The van der Waals surface area contributed by atoms with Crippen molar-refractivity contribution >= 4 is 5.91 Å². The van der Waals surface area contributed by atoms with Crippen LogP contribution in [0.1, 0.15) is 66.2 Å². The van der Waals surface area contributed by atoms with Crippen LogP contribution in [0.2, 0.25) is 0 Å². The number of nitrogens with zero attached hydrogens (tertiary/aromatic N) is 1. The molecule has 1 fully saturated rings. The Labute approximate surface area is 119 Å². The number of nitrogens with one attached hydrogen (secondary N) is 1. The summed E-state index contributed by atoms with van der Waals surface area (Å²) < 4.78 is 0. The molecule has 0 spiro atoms. The standard InChI is InChI=1S/C16H32N2O/c1-5-7-8-13-18(14(3)4)15(19)16(6-2)9-11-17-12-10-16/h14,17H,5-13H2,1-4H3. The minimum Gasteiger partial charge on any atom is -0.340 e. The van der Waals surface area contributed by atoms with Gasteiger partial charge in [0.15, 0.2) is 0 Å². The van der Waals surface area contributed by atoms with Gasteiger partial charge in [0.2, 0.25) is 5.91 Å². The maximum absolute atomic E-state index is 13.0. The Morgan fingerprint density at radius 3 is 2.32 bits per heavy atom. The molecule has 1 amide bonds. The lowest BCUT2D eigenvalue weighted by Gasteiger charge is -2.41. The summed E-state index contributed by atoms with van der Waals surface area (Å²) in [6.45, 7) is 11.6. The van der Waals surface area contributed by atoms with Gasteiger partial charge in [-0.1, -0.05) is 26.7 Å². The molecule has 0 bridgehead atoms. The Kier molecular flexibility index (Phi) is 6.84. The largest absolute Gasteiger partial charge is 0.340 e. The summed E-state index contributed by atoms with van der Waals surface area (Å²) in [4.78, 5) is 15.1. The third kappa shape index (κ3) is 4.20. The van der Waals surface area contributed by atoms with Crippen molar-refractivity contribution in [2.45, 2.75) is 72.3 Å². The molecule has 1 rings (SSSR count). The first-order valence-corrected chi connectivity index (χ1v) is 8.09. The highest BCUT2D eigenvalue weighted by Gasteiger charge is 2.40. The van der Waals surface area contributed by atoms with E-state index < -0.39 is 0 Å². The number of piperidine rings is 1. The Hall–Kier alpha value is -0.570. The average Bonchev–Trinajstić information content (AvgIpc) is 2.43. The monoisotopic (exact) mass is 268 g/mol. The van der Waals surface area contributed by atoms with Gasteiger partial charge in [0, 0.05) is 12.6 Å². The summed E-state index contributed by atoms with van der Waals surface area (Å²) in [6.07, 6.45) is 6.54. The molecule has 0 aromatic heterocycles. The molecule has 112 valence electrons. The molecule has 0 unspecified atom stereocenters. The first-order valence-electron chi connectivity index (χ1n) is 8.09. The highest BCUT2D eigenvalue weighted by Crippen LogP contribution is 2.35. The van der Waals surface area contributed by atoms with Crippen LogP contribution in [0.15, 0.2) is 0 Å². The maximum atomic E-state index is 13.0. The third-order valence-corrected chi connectivity index (χ3v) is 4.58. The summed E-state index contributed by atoms with van der Waals surface area (Å²) >= 11 is 0. The van der Waals surface area contributed by atoms with E-state index in [0.29, 0.717) is 11.9 Å². The molecular formula is C16H32N2O. The molecular weight excluding hydrogens is 236 g/mol. The minimum absolute atomic E-state index is 0.0955. The minimum atomic E-state index is -0.0955. The lowest BCUT2D eigenvalue weighted by atomic mass is 9.75. The molecule has 1 heterocycles. The van der Waals surface area contributed by atoms with Crippen molar-refractivity contribution < 1.29 is 4.79 Å². The van der Waals surface area contributed by atoms with Gasteiger partial charge in [0.25, 0.3) is 0 Å². The molecule has 0 aliphatic carbocycles. The second-order valence-electron chi connectivity index (χ2n) is 6.18. The van der Waals surface area contributed by atoms with Crippen LogP contribution in [0.4, 0.5) is 0 Å². The normalized spacial score (nSPS) is 18.6. The van der Waals surface area contributed by atoms with Gasteiger partial charge in [0.05, 0.1) is 5.41 Å². The lowest BCUT2D eigenvalue weighted by Crippen LogP contribution is -2.51. The number of hydrogen-bond donors (Lipinski definition) is 1. The quantitative estimate of drug-likeness (QED) is 0.719. The average molecular weight is 268 g/mol. The van der Waals surface area contributed by atoms with Gasteiger partial charge >= 0.3 is 0 Å². The van der Waals surface area contributed by atoms with E-state index in [0.717, 1.165) is 45.3 Å². The zero-order chi connectivity index (χ0) is 14.3. The predicted octanol–water partition coefficient (Wildman–Crippen LogP) is 3.19. The molecule has 3 nitrogen and oxygen atoms in total. The highest BCUT2D eigenvalue weighted by atomic mass is 16.2. The molecule has 1 aliphatic heterocycles. The lowest BCUT2D eigenvalue weighted by molar-refractivity contribution is -0.146. The highest BCUT2D eigenvalue weighted by molar-refractivity contribution is 5.83. The van der Waals surface area contributed by atoms with Gasteiger partial charge in [-0.15, -0.1) is 0 Å². The van der Waals surface area contributed by atoms with Crippen LogP contribution >= 0.6 is 0 Å². The van der Waals surface area contributed by atoms with E-state index in [1.807, 2.05) is 0 Å². The maximum Gasteiger partial charge on any atom is 0.229 e. The zero-order valence-corrected chi connectivity index (χ0v) is 13.3. The van der Waals surface area contributed by atoms with Gasteiger partial charge in [-0.05, 0) is 52.6 Å². The van der Waals surface area contributed by atoms with Crippen molar-refractivity contribution in [1.29, 1.82) is 0 Å². The van der Waals surface area contributed by atoms with E-state index in [2.05, 4.69) is 37.9 Å². The molecule has 0 saturated carbocycles. The second kappa shape index (κ2) is 7.88. The van der Waals surface area contributed by atoms with Gasteiger partial charge in [-0.25, -0.2) is 0 Å². The first kappa shape index (κ1) is 16.5. The number of amides is 1. The van der Waals surface area contributed by atoms with Crippen LogP contribution in [0.3, 0.4) is 0 Å². The summed E-state index contributed by atoms with van der Waals surface area (Å²) in [7, 11) is 0. The van der Waals surface area contributed by atoms with E-state index in [9.17, 15) is 4.79 Å². The number of hydrogen-bond acceptors (Lipinski definition) is 2. The summed E-state index contributed by atoms with van der Waals surface area (Å²) in [5.41, 5.74) is -0.0955. The van der Waals surface area contributed by atoms with Crippen molar-refractivity contribution in [1.82, 2.24) is 10.2 Å². The van der Waals surface area contributed by atoms with Crippen molar-refractivity contribution in [2.75, 3.05) is 19.6 Å². The fourth-order valence-corrected chi connectivity index (χ4v) is 3.06. The van der Waals surface area contributed by atoms with Crippen LogP contribution in [0, 0.1) is 5.41 Å². The molecule has 0 radical (unpaired) electrons. The molecule has 0 aromatic carbocycles. The molecule has 19 heavy (non-hydrogen) atoms. The van der Waals surface area contributed by atoms with E-state index in [1.54, 1.807) is 0 Å². The summed E-state index contributed by atoms with van der Waals surface area (Å²) in [6, 6.07) is 0.322. The number of unbranched alkanes of at least 4 members (excludes halogenated alkanes) is 2. The van der Waals surface area contributed by atoms with E-state index in [-0.39, 0.29) is 5.41 Å². The van der Waals surface area contributed by atoms with Crippen molar-refractivity contribution in [3.8, 4) is 0 Å². The molecule has 0 aromatic rings. The SMILES string of the molecule is CCCCCN(C(=O)C1(CC)CCNCC1)C(C)C. The van der Waals surface area contributed by atoms with E-state index >= 15 is 0 Å². The summed E-state index contributed by atoms with van der Waals surface area (Å²) in [5, 5.41) is 3.38. The first-order chi connectivity index (χ1) is 9.07. The second-order valence-corrected chi connectivity index (χ2v) is 6.18. The molecule has 1 aliphatic rings. The number of carbonyl (C=O) groups excluding carboxylic acids is 1. The third-order valence-electron chi connectivity index (χ3n) is 4.58. The van der Waals surface area contributed by atoms with Gasteiger partial charge in [-0.2, -0.15) is 0 Å².